The second-order valence-electron chi connectivity index (χ2n) is 5.24. The maximum Gasteiger partial charge on any atom is 0.180 e. The van der Waals surface area contributed by atoms with Gasteiger partial charge in [-0.05, 0) is 25.5 Å². The van der Waals surface area contributed by atoms with E-state index in [0.717, 1.165) is 43.3 Å². The summed E-state index contributed by atoms with van der Waals surface area (Å²) in [4.78, 5) is 15.9. The summed E-state index contributed by atoms with van der Waals surface area (Å²) in [5, 5.41) is 0. The number of nitrogens with zero attached hydrogens (tertiary/aromatic N) is 4. The van der Waals surface area contributed by atoms with Crippen LogP contribution in [0.25, 0.3) is 11.5 Å². The fraction of sp³-hybridized carbons (Fsp3) is 0.438. The molecular weight excluding hydrogens is 264 g/mol. The highest BCUT2D eigenvalue weighted by atomic mass is 16.5. The maximum atomic E-state index is 5.60. The fourth-order valence-electron chi connectivity index (χ4n) is 2.46. The molecule has 0 bridgehead atoms. The molecule has 0 aromatic carbocycles. The van der Waals surface area contributed by atoms with Crippen molar-refractivity contribution in [1.29, 1.82) is 0 Å². The van der Waals surface area contributed by atoms with E-state index in [1.54, 1.807) is 6.20 Å². The Morgan fingerprint density at radius 2 is 2.24 bits per heavy atom. The van der Waals surface area contributed by atoms with Crippen LogP contribution in [0, 0.1) is 0 Å². The monoisotopic (exact) mass is 284 g/mol. The average molecular weight is 284 g/mol. The molecule has 2 aromatic rings. The number of morpholine rings is 1. The van der Waals surface area contributed by atoms with Crippen molar-refractivity contribution >= 4 is 5.82 Å². The molecule has 2 aromatic heterocycles. The van der Waals surface area contributed by atoms with Gasteiger partial charge in [0.2, 0.25) is 0 Å². The number of anilines is 1. The molecule has 1 aliphatic heterocycles. The molecule has 1 fully saturated rings. The van der Waals surface area contributed by atoms with Crippen LogP contribution in [0.3, 0.4) is 0 Å². The zero-order chi connectivity index (χ0) is 14.7. The Morgan fingerprint density at radius 1 is 1.33 bits per heavy atom. The second-order valence-corrected chi connectivity index (χ2v) is 5.24. The van der Waals surface area contributed by atoms with Crippen LogP contribution in [0.2, 0.25) is 0 Å². The Morgan fingerprint density at radius 3 is 2.95 bits per heavy atom. The number of hydrogen-bond acceptors (Lipinski definition) is 5. The van der Waals surface area contributed by atoms with Crippen molar-refractivity contribution in [1.82, 2.24) is 15.0 Å². The lowest BCUT2D eigenvalue weighted by molar-refractivity contribution is 0.0529. The van der Waals surface area contributed by atoms with Gasteiger partial charge in [0.05, 0.1) is 12.7 Å². The second kappa shape index (κ2) is 6.18. The number of pyridine rings is 1. The minimum absolute atomic E-state index is 0.233. The highest BCUT2D eigenvalue weighted by Gasteiger charge is 2.19. The van der Waals surface area contributed by atoms with Crippen LogP contribution in [-0.2, 0) is 11.2 Å². The van der Waals surface area contributed by atoms with Crippen LogP contribution >= 0.6 is 0 Å². The van der Waals surface area contributed by atoms with Gasteiger partial charge in [0.1, 0.15) is 11.5 Å². The van der Waals surface area contributed by atoms with E-state index in [2.05, 4.69) is 34.8 Å². The molecule has 0 aliphatic carbocycles. The Bertz CT molecular complexity index is 602. The van der Waals surface area contributed by atoms with E-state index in [0.29, 0.717) is 5.82 Å². The van der Waals surface area contributed by atoms with E-state index < -0.39 is 0 Å². The topological polar surface area (TPSA) is 51.1 Å². The van der Waals surface area contributed by atoms with Crippen LogP contribution in [0.4, 0.5) is 5.82 Å². The summed E-state index contributed by atoms with van der Waals surface area (Å²) in [6.45, 7) is 6.67. The third-order valence-electron chi connectivity index (χ3n) is 3.59. The first kappa shape index (κ1) is 13.9. The molecule has 21 heavy (non-hydrogen) atoms. The Kier molecular flexibility index (Phi) is 4.10. The molecule has 5 heteroatoms. The molecule has 1 saturated heterocycles. The molecule has 1 aliphatic rings. The standard InChI is InChI=1S/C16H20N4O/c1-3-13-10-15(20-8-9-21-12(2)11-20)19-16(18-13)14-6-4-5-7-17-14/h4-7,10,12H,3,8-9,11H2,1-2H3. The van der Waals surface area contributed by atoms with Crippen molar-refractivity contribution in [2.75, 3.05) is 24.6 Å². The lowest BCUT2D eigenvalue weighted by Crippen LogP contribution is -2.41. The number of rotatable bonds is 3. The molecule has 0 spiro atoms. The van der Waals surface area contributed by atoms with Gasteiger partial charge in [-0.15, -0.1) is 0 Å². The minimum Gasteiger partial charge on any atom is -0.375 e. The zero-order valence-corrected chi connectivity index (χ0v) is 12.5. The van der Waals surface area contributed by atoms with Gasteiger partial charge in [0, 0.05) is 31.0 Å². The molecule has 3 heterocycles. The predicted octanol–water partition coefficient (Wildman–Crippen LogP) is 2.33. The van der Waals surface area contributed by atoms with E-state index >= 15 is 0 Å². The van der Waals surface area contributed by atoms with Gasteiger partial charge in [-0.25, -0.2) is 9.97 Å². The van der Waals surface area contributed by atoms with Gasteiger partial charge in [-0.1, -0.05) is 13.0 Å². The van der Waals surface area contributed by atoms with Gasteiger partial charge < -0.3 is 9.64 Å². The van der Waals surface area contributed by atoms with E-state index in [1.807, 2.05) is 18.2 Å². The van der Waals surface area contributed by atoms with Crippen molar-refractivity contribution in [3.63, 3.8) is 0 Å². The predicted molar refractivity (Wildman–Crippen MR) is 82.3 cm³/mol. The Balaban J connectivity index is 1.97. The fourth-order valence-corrected chi connectivity index (χ4v) is 2.46. The maximum absolute atomic E-state index is 5.60. The number of ether oxygens (including phenoxy) is 1. The summed E-state index contributed by atoms with van der Waals surface area (Å²) in [6.07, 6.45) is 2.89. The molecule has 0 amide bonds. The third kappa shape index (κ3) is 3.19. The molecular formula is C16H20N4O. The molecule has 3 rings (SSSR count). The highest BCUT2D eigenvalue weighted by Crippen LogP contribution is 2.21. The lowest BCUT2D eigenvalue weighted by Gasteiger charge is -2.32. The van der Waals surface area contributed by atoms with Crippen molar-refractivity contribution in [2.45, 2.75) is 26.4 Å². The van der Waals surface area contributed by atoms with Crippen molar-refractivity contribution in [3.8, 4) is 11.5 Å². The van der Waals surface area contributed by atoms with Crippen molar-refractivity contribution in [2.24, 2.45) is 0 Å². The summed E-state index contributed by atoms with van der Waals surface area (Å²) >= 11 is 0. The van der Waals surface area contributed by atoms with Gasteiger partial charge in [-0.2, -0.15) is 0 Å². The Labute approximate surface area is 125 Å². The molecule has 5 nitrogen and oxygen atoms in total. The first-order chi connectivity index (χ1) is 10.3. The summed E-state index contributed by atoms with van der Waals surface area (Å²) in [5.41, 5.74) is 1.86. The highest BCUT2D eigenvalue weighted by molar-refractivity contribution is 5.53. The summed E-state index contributed by atoms with van der Waals surface area (Å²) < 4.78 is 5.60. The zero-order valence-electron chi connectivity index (χ0n) is 12.5. The molecule has 1 unspecified atom stereocenters. The normalized spacial score (nSPS) is 18.8. The first-order valence-corrected chi connectivity index (χ1v) is 7.42. The largest absolute Gasteiger partial charge is 0.375 e. The van der Waals surface area contributed by atoms with Crippen molar-refractivity contribution < 1.29 is 4.74 Å². The van der Waals surface area contributed by atoms with Crippen LogP contribution < -0.4 is 4.90 Å². The summed E-state index contributed by atoms with van der Waals surface area (Å²) in [6, 6.07) is 7.88. The SMILES string of the molecule is CCc1cc(N2CCOC(C)C2)nc(-c2ccccn2)n1. The molecule has 0 N–H and O–H groups in total. The van der Waals surface area contributed by atoms with Gasteiger partial charge >= 0.3 is 0 Å². The van der Waals surface area contributed by atoms with Gasteiger partial charge in [0.15, 0.2) is 5.82 Å². The Hall–Kier alpha value is -2.01. The summed E-state index contributed by atoms with van der Waals surface area (Å²) in [7, 11) is 0. The van der Waals surface area contributed by atoms with Gasteiger partial charge in [-0.3, -0.25) is 4.98 Å². The summed E-state index contributed by atoms with van der Waals surface area (Å²) in [5.74, 6) is 1.67. The minimum atomic E-state index is 0.233. The van der Waals surface area contributed by atoms with E-state index in [-0.39, 0.29) is 6.10 Å². The molecule has 1 atom stereocenters. The van der Waals surface area contributed by atoms with E-state index in [9.17, 15) is 0 Å². The number of aromatic nitrogens is 3. The molecule has 110 valence electrons. The van der Waals surface area contributed by atoms with Crippen molar-refractivity contribution in [3.05, 3.63) is 36.2 Å². The van der Waals surface area contributed by atoms with Gasteiger partial charge in [0.25, 0.3) is 0 Å². The van der Waals surface area contributed by atoms with E-state index in [1.165, 1.54) is 0 Å². The smallest absolute Gasteiger partial charge is 0.180 e. The molecule has 0 saturated carbocycles. The van der Waals surface area contributed by atoms with E-state index in [4.69, 9.17) is 9.72 Å². The quantitative estimate of drug-likeness (QED) is 0.866. The van der Waals surface area contributed by atoms with Crippen LogP contribution in [-0.4, -0.2) is 40.8 Å². The van der Waals surface area contributed by atoms with Crippen LogP contribution in [0.15, 0.2) is 30.5 Å². The lowest BCUT2D eigenvalue weighted by atomic mass is 10.2. The molecule has 0 radical (unpaired) electrons. The van der Waals surface area contributed by atoms with Crippen LogP contribution in [0.5, 0.6) is 0 Å². The third-order valence-corrected chi connectivity index (χ3v) is 3.59. The van der Waals surface area contributed by atoms with Crippen LogP contribution in [0.1, 0.15) is 19.5 Å². The number of aryl methyl sites for hydroxylation is 1. The average Bonchev–Trinajstić information content (AvgIpc) is 2.55. The first-order valence-electron chi connectivity index (χ1n) is 7.42. The number of hydrogen-bond donors (Lipinski definition) is 0.